The fourth-order valence-electron chi connectivity index (χ4n) is 1.82. The summed E-state index contributed by atoms with van der Waals surface area (Å²) in [6, 6.07) is 10.1. The molecule has 0 spiro atoms. The van der Waals surface area contributed by atoms with Crippen LogP contribution in [0.25, 0.3) is 0 Å². The highest BCUT2D eigenvalue weighted by atomic mass is 79.9. The maximum absolute atomic E-state index is 6.70. The second-order valence-electron chi connectivity index (χ2n) is 6.63. The monoisotopic (exact) mass is 436 g/mol. The number of ether oxygens (including phenoxy) is 1. The fourth-order valence-corrected chi connectivity index (χ4v) is 4.51. The molecule has 0 aromatic heterocycles. The predicted molar refractivity (Wildman–Crippen MR) is 99.7 cm³/mol. The van der Waals surface area contributed by atoms with E-state index in [2.05, 4.69) is 77.9 Å². The highest BCUT2D eigenvalue weighted by Crippen LogP contribution is 2.46. The minimum absolute atomic E-state index is 0.110. The van der Waals surface area contributed by atoms with E-state index in [1.807, 2.05) is 25.1 Å². The first-order valence-corrected chi connectivity index (χ1v) is 12.0. The minimum atomic E-state index is -2.01. The third kappa shape index (κ3) is 4.41. The van der Waals surface area contributed by atoms with E-state index in [1.54, 1.807) is 0 Å². The van der Waals surface area contributed by atoms with Crippen LogP contribution < -0.4 is 0 Å². The lowest BCUT2D eigenvalue weighted by Gasteiger charge is -2.46. The van der Waals surface area contributed by atoms with Gasteiger partial charge in [-0.05, 0) is 25.1 Å². The van der Waals surface area contributed by atoms with Crippen LogP contribution in [0.3, 0.4) is 0 Å². The Labute approximate surface area is 147 Å². The summed E-state index contributed by atoms with van der Waals surface area (Å²) >= 11 is 7.29. The average molecular weight is 438 g/mol. The van der Waals surface area contributed by atoms with Crippen LogP contribution in [0.15, 0.2) is 30.3 Å². The van der Waals surface area contributed by atoms with Crippen LogP contribution in [0, 0.1) is 0 Å². The van der Waals surface area contributed by atoms with Gasteiger partial charge in [-0.15, -0.1) is 0 Å². The molecule has 0 bridgehead atoms. The smallest absolute Gasteiger partial charge is 0.208 e. The molecule has 21 heavy (non-hydrogen) atoms. The summed E-state index contributed by atoms with van der Waals surface area (Å²) in [6.45, 7) is 13.8. The summed E-state index contributed by atoms with van der Waals surface area (Å²) in [4.78, 5) is 0. The van der Waals surface area contributed by atoms with Gasteiger partial charge in [0, 0.05) is 12.2 Å². The van der Waals surface area contributed by atoms with Gasteiger partial charge in [0.05, 0.1) is 0 Å². The van der Waals surface area contributed by atoms with Gasteiger partial charge >= 0.3 is 0 Å². The van der Waals surface area contributed by atoms with Crippen LogP contribution >= 0.6 is 31.9 Å². The van der Waals surface area contributed by atoms with Gasteiger partial charge in [0.15, 0.2) is 8.32 Å². The first kappa shape index (κ1) is 19.4. The number of alkyl halides is 2. The van der Waals surface area contributed by atoms with Crippen molar-refractivity contribution in [2.24, 2.45) is 0 Å². The average Bonchev–Trinajstić information content (AvgIpc) is 2.37. The van der Waals surface area contributed by atoms with Crippen LogP contribution in [0.4, 0.5) is 0 Å². The van der Waals surface area contributed by atoms with Crippen LogP contribution in [-0.4, -0.2) is 18.7 Å². The van der Waals surface area contributed by atoms with E-state index < -0.39 is 14.1 Å². The molecule has 1 atom stereocenters. The lowest BCUT2D eigenvalue weighted by molar-refractivity contribution is -0.183. The van der Waals surface area contributed by atoms with Crippen LogP contribution in [0.1, 0.15) is 33.3 Å². The molecule has 1 unspecified atom stereocenters. The molecule has 0 aliphatic rings. The lowest BCUT2D eigenvalue weighted by Crippen LogP contribution is -2.52. The first-order chi connectivity index (χ1) is 9.57. The molecule has 0 fully saturated rings. The van der Waals surface area contributed by atoms with Crippen molar-refractivity contribution in [3.63, 3.8) is 0 Å². The Kier molecular flexibility index (Phi) is 6.69. The molecule has 0 saturated carbocycles. The largest absolute Gasteiger partial charge is 0.385 e. The van der Waals surface area contributed by atoms with Crippen molar-refractivity contribution in [2.75, 3.05) is 6.61 Å². The zero-order valence-electron chi connectivity index (χ0n) is 13.7. The number of rotatable bonds is 6. The van der Waals surface area contributed by atoms with Crippen molar-refractivity contribution in [1.29, 1.82) is 0 Å². The molecule has 0 aliphatic heterocycles. The van der Waals surface area contributed by atoms with E-state index in [0.29, 0.717) is 6.61 Å². The fraction of sp³-hybridized carbons (Fsp3) is 0.625. The molecule has 1 aromatic carbocycles. The summed E-state index contributed by atoms with van der Waals surface area (Å²) in [5, 5.41) is 0.110. The molecule has 2 nitrogen and oxygen atoms in total. The quantitative estimate of drug-likeness (QED) is 0.308. The second-order valence-corrected chi connectivity index (χ2v) is 14.4. The molecule has 5 heteroatoms. The summed E-state index contributed by atoms with van der Waals surface area (Å²) in [5.41, 5.74) is 1.02. The zero-order valence-corrected chi connectivity index (χ0v) is 17.9. The summed E-state index contributed by atoms with van der Waals surface area (Å²) in [7, 11) is -2.01. The van der Waals surface area contributed by atoms with Gasteiger partial charge in [-0.25, -0.2) is 0 Å². The lowest BCUT2D eigenvalue weighted by atomic mass is 10.1. The Bertz CT molecular complexity index is 443. The SMILES string of the molecule is CCOC(O[Si](C)(C)C(C)(C)C)(c1ccccc1)C(Br)Br. The zero-order chi connectivity index (χ0) is 16.3. The van der Waals surface area contributed by atoms with E-state index in [-0.39, 0.29) is 8.77 Å². The molecule has 1 rings (SSSR count). The van der Waals surface area contributed by atoms with Crippen LogP contribution in [-0.2, 0) is 14.9 Å². The first-order valence-electron chi connectivity index (χ1n) is 7.24. The van der Waals surface area contributed by atoms with Gasteiger partial charge in [-0.3, -0.25) is 0 Å². The molecular formula is C16H26Br2O2Si. The van der Waals surface area contributed by atoms with Crippen LogP contribution in [0.5, 0.6) is 0 Å². The minimum Gasteiger partial charge on any atom is -0.385 e. The van der Waals surface area contributed by atoms with Crippen molar-refractivity contribution in [2.45, 2.75) is 55.4 Å². The van der Waals surface area contributed by atoms with Crippen molar-refractivity contribution >= 4 is 40.2 Å². The van der Waals surface area contributed by atoms with Gasteiger partial charge in [0.25, 0.3) is 0 Å². The van der Waals surface area contributed by atoms with Crippen molar-refractivity contribution in [1.82, 2.24) is 0 Å². The number of hydrogen-bond donors (Lipinski definition) is 0. The predicted octanol–water partition coefficient (Wildman–Crippen LogP) is 6.01. The molecule has 120 valence electrons. The Morgan fingerprint density at radius 1 is 1.10 bits per heavy atom. The van der Waals surface area contributed by atoms with E-state index in [9.17, 15) is 0 Å². The molecule has 0 radical (unpaired) electrons. The van der Waals surface area contributed by atoms with Gasteiger partial charge in [0.2, 0.25) is 5.79 Å². The van der Waals surface area contributed by atoms with Gasteiger partial charge in [-0.1, -0.05) is 83.0 Å². The molecular weight excluding hydrogens is 412 g/mol. The third-order valence-corrected chi connectivity index (χ3v) is 9.67. The Balaban J connectivity index is 3.32. The van der Waals surface area contributed by atoms with Gasteiger partial charge in [0.1, 0.15) is 3.74 Å². The van der Waals surface area contributed by atoms with Crippen molar-refractivity contribution in [3.8, 4) is 0 Å². The maximum atomic E-state index is 6.70. The van der Waals surface area contributed by atoms with E-state index in [0.717, 1.165) is 5.56 Å². The Hall–Kier alpha value is 0.317. The van der Waals surface area contributed by atoms with Crippen molar-refractivity contribution in [3.05, 3.63) is 35.9 Å². The molecule has 0 N–H and O–H groups in total. The van der Waals surface area contributed by atoms with E-state index in [4.69, 9.17) is 9.16 Å². The summed E-state index contributed by atoms with van der Waals surface area (Å²) < 4.78 is 12.7. The van der Waals surface area contributed by atoms with E-state index >= 15 is 0 Å². The highest BCUT2D eigenvalue weighted by molar-refractivity contribution is 9.24. The molecule has 0 saturated heterocycles. The van der Waals surface area contributed by atoms with Crippen LogP contribution in [0.2, 0.25) is 18.1 Å². The topological polar surface area (TPSA) is 18.5 Å². The number of hydrogen-bond acceptors (Lipinski definition) is 2. The third-order valence-electron chi connectivity index (χ3n) is 4.04. The summed E-state index contributed by atoms with van der Waals surface area (Å²) in [6.07, 6.45) is 0. The summed E-state index contributed by atoms with van der Waals surface area (Å²) in [5.74, 6) is -0.820. The Morgan fingerprint density at radius 2 is 1.62 bits per heavy atom. The number of halogens is 2. The molecule has 0 aliphatic carbocycles. The molecule has 1 aromatic rings. The maximum Gasteiger partial charge on any atom is 0.208 e. The second kappa shape index (κ2) is 7.26. The van der Waals surface area contributed by atoms with E-state index in [1.165, 1.54) is 0 Å². The van der Waals surface area contributed by atoms with Gasteiger partial charge < -0.3 is 9.16 Å². The standard InChI is InChI=1S/C16H26Br2O2Si/c1-7-19-16(14(17)18,13-11-9-8-10-12-13)20-21(5,6)15(2,3)4/h8-12,14H,7H2,1-6H3. The molecule has 0 heterocycles. The Morgan fingerprint density at radius 3 is 2.00 bits per heavy atom. The molecule has 0 amide bonds. The normalized spacial score (nSPS) is 16.0. The number of benzene rings is 1. The highest BCUT2D eigenvalue weighted by Gasteiger charge is 2.49. The van der Waals surface area contributed by atoms with Gasteiger partial charge in [-0.2, -0.15) is 0 Å². The van der Waals surface area contributed by atoms with Crippen molar-refractivity contribution < 1.29 is 9.16 Å².